The molecule has 27 heavy (non-hydrogen) atoms. The highest BCUT2D eigenvalue weighted by Gasteiger charge is 2.27. The summed E-state index contributed by atoms with van der Waals surface area (Å²) < 4.78 is 33.4. The van der Waals surface area contributed by atoms with E-state index in [-0.39, 0.29) is 11.7 Å². The van der Waals surface area contributed by atoms with Crippen LogP contribution in [0.15, 0.2) is 36.4 Å². The van der Waals surface area contributed by atoms with Gasteiger partial charge < -0.3 is 4.74 Å². The van der Waals surface area contributed by atoms with Crippen LogP contribution >= 0.6 is 22.9 Å². The molecule has 3 aromatic rings. The number of fused-ring (bicyclic) bond motifs is 1. The first-order chi connectivity index (χ1) is 13.0. The highest BCUT2D eigenvalue weighted by molar-refractivity contribution is 7.22. The topological polar surface area (TPSA) is 42.4 Å². The van der Waals surface area contributed by atoms with Gasteiger partial charge in [-0.25, -0.2) is 13.8 Å². The fourth-order valence-electron chi connectivity index (χ4n) is 3.03. The Morgan fingerprint density at radius 2 is 2.11 bits per heavy atom. The molecule has 140 valence electrons. The summed E-state index contributed by atoms with van der Waals surface area (Å²) >= 11 is 7.36. The van der Waals surface area contributed by atoms with Crippen LogP contribution in [0.1, 0.15) is 23.2 Å². The summed E-state index contributed by atoms with van der Waals surface area (Å²) in [4.78, 5) is 19.1. The second-order valence-electron chi connectivity index (χ2n) is 6.29. The number of ether oxygens (including phenoxy) is 1. The number of thiazole rings is 1. The maximum absolute atomic E-state index is 13.6. The van der Waals surface area contributed by atoms with Gasteiger partial charge in [0.25, 0.3) is 5.91 Å². The van der Waals surface area contributed by atoms with E-state index in [2.05, 4.69) is 4.98 Å². The fourth-order valence-corrected chi connectivity index (χ4v) is 4.28. The molecule has 0 aliphatic carbocycles. The van der Waals surface area contributed by atoms with Crippen molar-refractivity contribution in [2.45, 2.75) is 18.9 Å². The van der Waals surface area contributed by atoms with Crippen molar-refractivity contribution in [2.24, 2.45) is 0 Å². The van der Waals surface area contributed by atoms with Crippen molar-refractivity contribution in [3.05, 3.63) is 58.6 Å². The Morgan fingerprint density at radius 1 is 1.26 bits per heavy atom. The summed E-state index contributed by atoms with van der Waals surface area (Å²) in [5.74, 6) is -2.50. The lowest BCUT2D eigenvalue weighted by atomic mass is 10.1. The standard InChI is InChI=1S/C19H15ClF2N2O2S/c20-12-4-6-16-17(9-12)27-19(23-16)24(10-13-2-1-7-26-13)18(25)11-3-5-14(21)15(22)8-11/h3-6,8-9,13H,1-2,7,10H2. The number of carbonyl (C=O) groups excluding carboxylic acids is 1. The number of hydrogen-bond acceptors (Lipinski definition) is 4. The third-order valence-corrected chi connectivity index (χ3v) is 5.67. The van der Waals surface area contributed by atoms with Gasteiger partial charge in [0, 0.05) is 17.2 Å². The van der Waals surface area contributed by atoms with Crippen molar-refractivity contribution in [1.82, 2.24) is 4.98 Å². The van der Waals surface area contributed by atoms with E-state index in [1.807, 2.05) is 0 Å². The maximum atomic E-state index is 13.6. The lowest BCUT2D eigenvalue weighted by Gasteiger charge is -2.23. The highest BCUT2D eigenvalue weighted by Crippen LogP contribution is 2.32. The highest BCUT2D eigenvalue weighted by atomic mass is 35.5. The Labute approximate surface area is 163 Å². The molecular formula is C19H15ClF2N2O2S. The molecule has 1 aromatic heterocycles. The van der Waals surface area contributed by atoms with Gasteiger partial charge >= 0.3 is 0 Å². The molecule has 0 saturated carbocycles. The van der Waals surface area contributed by atoms with Gasteiger partial charge in [0.05, 0.1) is 22.9 Å². The van der Waals surface area contributed by atoms with Crippen LogP contribution in [0.25, 0.3) is 10.2 Å². The predicted molar refractivity (Wildman–Crippen MR) is 102 cm³/mol. The van der Waals surface area contributed by atoms with Crippen LogP contribution in [0.2, 0.25) is 5.02 Å². The molecule has 1 saturated heterocycles. The minimum atomic E-state index is -1.06. The fraction of sp³-hybridized carbons (Fsp3) is 0.263. The van der Waals surface area contributed by atoms with E-state index < -0.39 is 17.5 Å². The summed E-state index contributed by atoms with van der Waals surface area (Å²) in [6.07, 6.45) is 1.64. The van der Waals surface area contributed by atoms with Crippen LogP contribution in [-0.4, -0.2) is 30.1 Å². The van der Waals surface area contributed by atoms with E-state index in [1.165, 1.54) is 22.3 Å². The Hall–Kier alpha value is -2.09. The Balaban J connectivity index is 1.72. The van der Waals surface area contributed by atoms with E-state index in [1.54, 1.807) is 18.2 Å². The van der Waals surface area contributed by atoms with E-state index in [0.29, 0.717) is 23.3 Å². The number of halogens is 3. The minimum absolute atomic E-state index is 0.0594. The van der Waals surface area contributed by atoms with Crippen LogP contribution < -0.4 is 4.90 Å². The molecule has 2 heterocycles. The molecule has 1 aliphatic rings. The number of aromatic nitrogens is 1. The number of hydrogen-bond donors (Lipinski definition) is 0. The van der Waals surface area contributed by atoms with E-state index in [0.717, 1.165) is 35.2 Å². The van der Waals surface area contributed by atoms with E-state index in [9.17, 15) is 13.6 Å². The van der Waals surface area contributed by atoms with Crippen molar-refractivity contribution < 1.29 is 18.3 Å². The molecule has 0 bridgehead atoms. The Morgan fingerprint density at radius 3 is 2.85 bits per heavy atom. The lowest BCUT2D eigenvalue weighted by Crippen LogP contribution is -2.37. The first-order valence-electron chi connectivity index (χ1n) is 8.46. The van der Waals surface area contributed by atoms with E-state index >= 15 is 0 Å². The van der Waals surface area contributed by atoms with Crippen molar-refractivity contribution in [3.63, 3.8) is 0 Å². The first kappa shape index (κ1) is 18.3. The molecule has 8 heteroatoms. The molecule has 1 atom stereocenters. The SMILES string of the molecule is O=C(c1ccc(F)c(F)c1)N(CC1CCCO1)c1nc2ccc(Cl)cc2s1. The molecule has 4 nitrogen and oxygen atoms in total. The van der Waals surface area contributed by atoms with E-state index in [4.69, 9.17) is 16.3 Å². The van der Waals surface area contributed by atoms with Gasteiger partial charge in [0.1, 0.15) is 0 Å². The lowest BCUT2D eigenvalue weighted by molar-refractivity contribution is 0.0917. The number of nitrogens with zero attached hydrogens (tertiary/aromatic N) is 2. The Kier molecular flexibility index (Phi) is 5.08. The first-order valence-corrected chi connectivity index (χ1v) is 9.65. The molecule has 0 N–H and O–H groups in total. The average Bonchev–Trinajstić information content (AvgIpc) is 3.30. The largest absolute Gasteiger partial charge is 0.376 e. The normalized spacial score (nSPS) is 16.8. The third kappa shape index (κ3) is 3.81. The van der Waals surface area contributed by atoms with Gasteiger partial charge in [0.2, 0.25) is 0 Å². The number of anilines is 1. The van der Waals surface area contributed by atoms with Crippen LogP contribution in [0.4, 0.5) is 13.9 Å². The van der Waals surface area contributed by atoms with Crippen LogP contribution in [0.5, 0.6) is 0 Å². The predicted octanol–water partition coefficient (Wildman–Crippen LogP) is 5.05. The van der Waals surface area contributed by atoms with Gasteiger partial charge in [-0.15, -0.1) is 0 Å². The number of benzene rings is 2. The number of carbonyl (C=O) groups is 1. The quantitative estimate of drug-likeness (QED) is 0.606. The molecule has 1 amide bonds. The zero-order chi connectivity index (χ0) is 19.0. The number of rotatable bonds is 4. The van der Waals surface area contributed by atoms with Gasteiger partial charge in [-0.1, -0.05) is 22.9 Å². The van der Waals surface area contributed by atoms with Gasteiger partial charge in [0.15, 0.2) is 16.8 Å². The summed E-state index contributed by atoms with van der Waals surface area (Å²) in [5.41, 5.74) is 0.777. The summed E-state index contributed by atoms with van der Waals surface area (Å²) in [6, 6.07) is 8.42. The molecule has 0 radical (unpaired) electrons. The van der Waals surface area contributed by atoms with Crippen molar-refractivity contribution in [1.29, 1.82) is 0 Å². The monoisotopic (exact) mass is 408 g/mol. The summed E-state index contributed by atoms with van der Waals surface area (Å²) in [6.45, 7) is 0.943. The maximum Gasteiger partial charge on any atom is 0.260 e. The van der Waals surface area contributed by atoms with Crippen molar-refractivity contribution >= 4 is 44.2 Å². The average molecular weight is 409 g/mol. The molecule has 4 rings (SSSR count). The summed E-state index contributed by atoms with van der Waals surface area (Å²) in [5, 5.41) is 1.05. The van der Waals surface area contributed by atoms with Crippen LogP contribution in [-0.2, 0) is 4.74 Å². The molecule has 1 aliphatic heterocycles. The van der Waals surface area contributed by atoms with Crippen LogP contribution in [0, 0.1) is 11.6 Å². The molecule has 1 fully saturated rings. The Bertz CT molecular complexity index is 1000. The second kappa shape index (κ2) is 7.50. The zero-order valence-electron chi connectivity index (χ0n) is 14.1. The summed E-state index contributed by atoms with van der Waals surface area (Å²) in [7, 11) is 0. The van der Waals surface area contributed by atoms with Crippen molar-refractivity contribution in [2.75, 3.05) is 18.1 Å². The molecule has 2 aromatic carbocycles. The van der Waals surface area contributed by atoms with Crippen LogP contribution in [0.3, 0.4) is 0 Å². The molecule has 0 spiro atoms. The molecule has 1 unspecified atom stereocenters. The minimum Gasteiger partial charge on any atom is -0.376 e. The second-order valence-corrected chi connectivity index (χ2v) is 7.73. The van der Waals surface area contributed by atoms with Crippen molar-refractivity contribution in [3.8, 4) is 0 Å². The zero-order valence-corrected chi connectivity index (χ0v) is 15.7. The van der Waals surface area contributed by atoms with Gasteiger partial charge in [-0.05, 0) is 49.2 Å². The number of amides is 1. The smallest absolute Gasteiger partial charge is 0.260 e. The third-order valence-electron chi connectivity index (χ3n) is 4.39. The molecular weight excluding hydrogens is 394 g/mol. The van der Waals surface area contributed by atoms with Gasteiger partial charge in [-0.2, -0.15) is 0 Å². The van der Waals surface area contributed by atoms with Gasteiger partial charge in [-0.3, -0.25) is 9.69 Å².